The van der Waals surface area contributed by atoms with Crippen molar-refractivity contribution in [2.45, 2.75) is 49.4 Å². The number of carbonyl (C=O) groups is 2. The first-order valence-corrected chi connectivity index (χ1v) is 14.7. The Kier molecular flexibility index (Phi) is 7.19. The maximum absolute atomic E-state index is 12.8. The van der Waals surface area contributed by atoms with E-state index in [1.807, 2.05) is 66.0 Å². The number of pyridine rings is 2. The molecular formula is C31H31BrN6O3. The number of aromatic nitrogens is 4. The van der Waals surface area contributed by atoms with Gasteiger partial charge in [0.1, 0.15) is 16.2 Å². The first-order valence-electron chi connectivity index (χ1n) is 13.8. The van der Waals surface area contributed by atoms with Gasteiger partial charge in [0.05, 0.1) is 17.3 Å². The van der Waals surface area contributed by atoms with Crippen LogP contribution in [0.1, 0.15) is 37.7 Å². The number of halogens is 1. The van der Waals surface area contributed by atoms with Gasteiger partial charge in [-0.1, -0.05) is 47.3 Å². The van der Waals surface area contributed by atoms with Crippen LogP contribution >= 0.6 is 15.9 Å². The lowest BCUT2D eigenvalue weighted by molar-refractivity contribution is -0.138. The summed E-state index contributed by atoms with van der Waals surface area (Å²) in [6.07, 6.45) is 10.1. The summed E-state index contributed by atoms with van der Waals surface area (Å²) in [5, 5.41) is 10.1. The number of aliphatic imine (C=N–C) groups is 1. The number of carboxylic acids is 1. The molecule has 4 aromatic rings. The molecule has 3 heterocycles. The standard InChI is InChI=1S/C31H31BrN6O3/c1-37(2)22-16-20(17-33-18-22)28-36-23-7-6-14-34-29(23)38(28)21-10-8-19(9-11-21)15-24(30(40)41)35-26-25(32)27(39)31(26)12-4-3-5-13-31/h6-11,14,16-18,24-25H,3-5,12-13,15H2,1-2H3,(H,40,41)/t24-,25?/m0/s1. The molecule has 41 heavy (non-hydrogen) atoms. The number of Topliss-reactive ketones (excluding diaryl/α,β-unsaturated/α-hetero) is 1. The second-order valence-corrected chi connectivity index (χ2v) is 12.0. The highest BCUT2D eigenvalue weighted by Crippen LogP contribution is 2.49. The fourth-order valence-electron chi connectivity index (χ4n) is 6.01. The lowest BCUT2D eigenvalue weighted by Crippen LogP contribution is -2.61. The SMILES string of the molecule is CN(C)c1cncc(-c2nc3cccnc3n2-c2ccc(C[C@H](N=C3C(Br)C(=O)C34CCCCC4)C(=O)O)cc2)c1. The monoisotopic (exact) mass is 614 g/mol. The van der Waals surface area contributed by atoms with Crippen molar-refractivity contribution in [3.8, 4) is 17.1 Å². The second-order valence-electron chi connectivity index (χ2n) is 11.1. The Morgan fingerprint density at radius 2 is 1.93 bits per heavy atom. The van der Waals surface area contributed by atoms with Crippen molar-refractivity contribution in [1.29, 1.82) is 0 Å². The first-order chi connectivity index (χ1) is 19.8. The van der Waals surface area contributed by atoms with Gasteiger partial charge >= 0.3 is 5.97 Å². The maximum Gasteiger partial charge on any atom is 0.328 e. The van der Waals surface area contributed by atoms with Crippen LogP contribution in [0, 0.1) is 5.41 Å². The number of rotatable bonds is 7. The summed E-state index contributed by atoms with van der Waals surface area (Å²) in [5.74, 6) is -0.132. The van der Waals surface area contributed by atoms with Crippen LogP contribution in [0.25, 0.3) is 28.2 Å². The van der Waals surface area contributed by atoms with E-state index in [1.54, 1.807) is 18.6 Å². The molecular weight excluding hydrogens is 584 g/mol. The molecule has 9 nitrogen and oxygen atoms in total. The van der Waals surface area contributed by atoms with Crippen LogP contribution in [0.3, 0.4) is 0 Å². The predicted octanol–water partition coefficient (Wildman–Crippen LogP) is 5.28. The van der Waals surface area contributed by atoms with E-state index in [4.69, 9.17) is 4.98 Å². The largest absolute Gasteiger partial charge is 0.480 e. The molecule has 2 aliphatic rings. The molecule has 10 heteroatoms. The summed E-state index contributed by atoms with van der Waals surface area (Å²) in [6, 6.07) is 12.6. The number of nitrogens with zero attached hydrogens (tertiary/aromatic N) is 6. The van der Waals surface area contributed by atoms with Crippen molar-refractivity contribution in [3.05, 3.63) is 66.6 Å². The van der Waals surface area contributed by atoms with Crippen molar-refractivity contribution in [1.82, 2.24) is 19.5 Å². The number of hydrogen-bond donors (Lipinski definition) is 1. The van der Waals surface area contributed by atoms with E-state index in [9.17, 15) is 14.7 Å². The number of benzene rings is 1. The van der Waals surface area contributed by atoms with E-state index in [2.05, 4.69) is 30.9 Å². The quantitative estimate of drug-likeness (QED) is 0.282. The average Bonchev–Trinajstić information content (AvgIpc) is 3.39. The zero-order valence-corrected chi connectivity index (χ0v) is 24.6. The van der Waals surface area contributed by atoms with Crippen molar-refractivity contribution >= 4 is 50.2 Å². The molecule has 2 fully saturated rings. The first kappa shape index (κ1) is 27.3. The molecule has 210 valence electrons. The van der Waals surface area contributed by atoms with E-state index in [-0.39, 0.29) is 12.2 Å². The van der Waals surface area contributed by atoms with Crippen LogP contribution in [0.2, 0.25) is 0 Å². The molecule has 1 aromatic carbocycles. The molecule has 0 saturated heterocycles. The number of hydrogen-bond acceptors (Lipinski definition) is 7. The number of carbonyl (C=O) groups excluding carboxylic acids is 1. The molecule has 0 radical (unpaired) electrons. The van der Waals surface area contributed by atoms with Gasteiger partial charge in [-0.2, -0.15) is 0 Å². The molecule has 6 rings (SSSR count). The van der Waals surface area contributed by atoms with Crippen molar-refractivity contribution in [2.75, 3.05) is 19.0 Å². The van der Waals surface area contributed by atoms with Gasteiger partial charge in [0.2, 0.25) is 0 Å². The van der Waals surface area contributed by atoms with Gasteiger partial charge in [-0.15, -0.1) is 0 Å². The summed E-state index contributed by atoms with van der Waals surface area (Å²) in [6.45, 7) is 0. The van der Waals surface area contributed by atoms with Crippen molar-refractivity contribution in [3.63, 3.8) is 0 Å². The van der Waals surface area contributed by atoms with Gasteiger partial charge in [-0.25, -0.2) is 14.8 Å². The molecule has 2 atom stereocenters. The molecule has 0 amide bonds. The third kappa shape index (κ3) is 4.84. The summed E-state index contributed by atoms with van der Waals surface area (Å²) < 4.78 is 1.99. The Morgan fingerprint density at radius 1 is 1.17 bits per heavy atom. The highest BCUT2D eigenvalue weighted by atomic mass is 79.9. The van der Waals surface area contributed by atoms with E-state index in [0.29, 0.717) is 11.5 Å². The third-order valence-electron chi connectivity index (χ3n) is 8.26. The van der Waals surface area contributed by atoms with Crippen LogP contribution in [0.5, 0.6) is 0 Å². The highest BCUT2D eigenvalue weighted by Gasteiger charge is 2.58. The van der Waals surface area contributed by atoms with Crippen LogP contribution in [0.4, 0.5) is 5.69 Å². The lowest BCUT2D eigenvalue weighted by Gasteiger charge is -2.47. The zero-order chi connectivity index (χ0) is 28.7. The molecule has 0 bridgehead atoms. The minimum absolute atomic E-state index is 0.146. The molecule has 1 spiro atoms. The Hall–Kier alpha value is -3.92. The van der Waals surface area contributed by atoms with E-state index in [1.165, 1.54) is 0 Å². The predicted molar refractivity (Wildman–Crippen MR) is 162 cm³/mol. The van der Waals surface area contributed by atoms with Gasteiger partial charge in [-0.05, 0) is 48.7 Å². The normalized spacial score (nSPS) is 19.8. The maximum atomic E-state index is 12.8. The average molecular weight is 616 g/mol. The molecule has 1 N–H and O–H groups in total. The van der Waals surface area contributed by atoms with Gasteiger partial charge in [0.25, 0.3) is 0 Å². The van der Waals surface area contributed by atoms with E-state index < -0.39 is 22.3 Å². The van der Waals surface area contributed by atoms with Crippen LogP contribution < -0.4 is 4.90 Å². The van der Waals surface area contributed by atoms with Gasteiger partial charge in [-0.3, -0.25) is 19.3 Å². The number of carboxylic acid groups (broad SMARTS) is 1. The topological polar surface area (TPSA) is 114 Å². The lowest BCUT2D eigenvalue weighted by atomic mass is 9.58. The summed E-state index contributed by atoms with van der Waals surface area (Å²) >= 11 is 3.46. The fraction of sp³-hybridized carbons (Fsp3) is 0.355. The second kappa shape index (κ2) is 10.8. The third-order valence-corrected chi connectivity index (χ3v) is 9.11. The Bertz CT molecular complexity index is 1660. The van der Waals surface area contributed by atoms with Crippen LogP contribution in [-0.4, -0.2) is 67.1 Å². The highest BCUT2D eigenvalue weighted by molar-refractivity contribution is 9.10. The molecule has 2 saturated carbocycles. The molecule has 2 aliphatic carbocycles. The Morgan fingerprint density at radius 3 is 2.63 bits per heavy atom. The van der Waals surface area contributed by atoms with E-state index in [0.717, 1.165) is 65.8 Å². The Labute approximate surface area is 246 Å². The van der Waals surface area contributed by atoms with Gasteiger partial charge in [0, 0.05) is 49.9 Å². The number of anilines is 1. The minimum atomic E-state index is -0.994. The minimum Gasteiger partial charge on any atom is -0.480 e. The summed E-state index contributed by atoms with van der Waals surface area (Å²) in [5.41, 5.74) is 5.13. The smallest absolute Gasteiger partial charge is 0.328 e. The summed E-state index contributed by atoms with van der Waals surface area (Å²) in [4.78, 5) is 45.2. The van der Waals surface area contributed by atoms with Crippen molar-refractivity contribution in [2.24, 2.45) is 10.4 Å². The van der Waals surface area contributed by atoms with Gasteiger partial charge in [0.15, 0.2) is 17.5 Å². The number of imidazole rings is 1. The zero-order valence-electron chi connectivity index (χ0n) is 23.0. The number of ketones is 1. The van der Waals surface area contributed by atoms with Crippen LogP contribution in [0.15, 0.2) is 66.0 Å². The summed E-state index contributed by atoms with van der Waals surface area (Å²) in [7, 11) is 3.93. The molecule has 3 aromatic heterocycles. The number of fused-ring (bicyclic) bond motifs is 1. The van der Waals surface area contributed by atoms with Crippen LogP contribution in [-0.2, 0) is 16.0 Å². The fourth-order valence-corrected chi connectivity index (χ4v) is 7.01. The molecule has 0 aliphatic heterocycles. The van der Waals surface area contributed by atoms with Crippen molar-refractivity contribution < 1.29 is 14.7 Å². The molecule has 1 unspecified atom stereocenters. The Balaban J connectivity index is 1.32. The number of aliphatic carboxylic acids is 1. The number of alkyl halides is 1. The van der Waals surface area contributed by atoms with Gasteiger partial charge < -0.3 is 10.0 Å². The van der Waals surface area contributed by atoms with E-state index >= 15 is 0 Å².